The second-order valence-electron chi connectivity index (χ2n) is 6.13. The number of fused-ring (bicyclic) bond motifs is 1. The molecule has 0 bridgehead atoms. The summed E-state index contributed by atoms with van der Waals surface area (Å²) in [5.74, 6) is -0.678. The number of aryl methyl sites for hydroxylation is 3. The van der Waals surface area contributed by atoms with Gasteiger partial charge in [0.05, 0.1) is 5.56 Å². The fourth-order valence-corrected chi connectivity index (χ4v) is 3.22. The van der Waals surface area contributed by atoms with E-state index in [4.69, 9.17) is 5.73 Å². The van der Waals surface area contributed by atoms with Crippen molar-refractivity contribution in [2.75, 3.05) is 0 Å². The van der Waals surface area contributed by atoms with Gasteiger partial charge in [0.1, 0.15) is 5.69 Å². The molecule has 6 heteroatoms. The van der Waals surface area contributed by atoms with Crippen LogP contribution in [-0.2, 0) is 13.2 Å². The SMILES string of the molecule is Cc1ccc2c(c1C)c(-c1cccc(C(F)(F)F)c1)c(C(N)=O)n2C. The first-order valence-electron chi connectivity index (χ1n) is 7.69. The Balaban J connectivity index is 2.45. The minimum atomic E-state index is -4.46. The molecule has 2 N–H and O–H groups in total. The molecule has 0 aliphatic carbocycles. The average molecular weight is 346 g/mol. The molecule has 3 aromatic rings. The number of hydrogen-bond acceptors (Lipinski definition) is 1. The van der Waals surface area contributed by atoms with Crippen molar-refractivity contribution in [2.45, 2.75) is 20.0 Å². The number of carbonyl (C=O) groups excluding carboxylic acids is 1. The van der Waals surface area contributed by atoms with Gasteiger partial charge >= 0.3 is 6.18 Å². The molecular weight excluding hydrogens is 329 g/mol. The van der Waals surface area contributed by atoms with E-state index in [1.807, 2.05) is 26.0 Å². The maximum Gasteiger partial charge on any atom is 0.416 e. The number of rotatable bonds is 2. The van der Waals surface area contributed by atoms with Crippen molar-refractivity contribution >= 4 is 16.8 Å². The lowest BCUT2D eigenvalue weighted by Crippen LogP contribution is -2.16. The largest absolute Gasteiger partial charge is 0.416 e. The molecule has 0 saturated heterocycles. The molecule has 2 aromatic carbocycles. The molecule has 0 saturated carbocycles. The number of nitrogens with zero attached hydrogens (tertiary/aromatic N) is 1. The molecular formula is C19H17F3N2O. The van der Waals surface area contributed by atoms with E-state index in [-0.39, 0.29) is 5.69 Å². The van der Waals surface area contributed by atoms with Crippen LogP contribution < -0.4 is 5.73 Å². The Morgan fingerprint density at radius 3 is 2.40 bits per heavy atom. The smallest absolute Gasteiger partial charge is 0.364 e. The summed E-state index contributed by atoms with van der Waals surface area (Å²) in [6, 6.07) is 8.74. The van der Waals surface area contributed by atoms with Gasteiger partial charge in [0.2, 0.25) is 0 Å². The molecule has 0 fully saturated rings. The Morgan fingerprint density at radius 1 is 1.12 bits per heavy atom. The third-order valence-corrected chi connectivity index (χ3v) is 4.61. The fourth-order valence-electron chi connectivity index (χ4n) is 3.22. The molecule has 0 spiro atoms. The zero-order valence-electron chi connectivity index (χ0n) is 14.0. The van der Waals surface area contributed by atoms with E-state index in [1.54, 1.807) is 17.7 Å². The summed E-state index contributed by atoms with van der Waals surface area (Å²) in [5.41, 5.74) is 8.40. The van der Waals surface area contributed by atoms with Crippen LogP contribution in [0.15, 0.2) is 36.4 Å². The van der Waals surface area contributed by atoms with Crippen molar-refractivity contribution in [1.82, 2.24) is 4.57 Å². The normalized spacial score (nSPS) is 11.9. The van der Waals surface area contributed by atoms with Gasteiger partial charge < -0.3 is 10.3 Å². The Bertz CT molecular complexity index is 1000. The van der Waals surface area contributed by atoms with E-state index in [0.29, 0.717) is 11.1 Å². The van der Waals surface area contributed by atoms with Crippen LogP contribution in [0.3, 0.4) is 0 Å². The van der Waals surface area contributed by atoms with Crippen LogP contribution >= 0.6 is 0 Å². The van der Waals surface area contributed by atoms with E-state index in [1.165, 1.54) is 6.07 Å². The Labute approximate surface area is 142 Å². The number of aromatic nitrogens is 1. The summed E-state index contributed by atoms with van der Waals surface area (Å²) in [7, 11) is 1.69. The third-order valence-electron chi connectivity index (χ3n) is 4.61. The lowest BCUT2D eigenvalue weighted by molar-refractivity contribution is -0.137. The van der Waals surface area contributed by atoms with Gasteiger partial charge in [-0.05, 0) is 48.7 Å². The number of amides is 1. The molecule has 0 aliphatic heterocycles. The lowest BCUT2D eigenvalue weighted by atomic mass is 9.95. The highest BCUT2D eigenvalue weighted by atomic mass is 19.4. The molecule has 0 aliphatic rings. The molecule has 3 rings (SSSR count). The van der Waals surface area contributed by atoms with Crippen LogP contribution in [0.2, 0.25) is 0 Å². The monoisotopic (exact) mass is 346 g/mol. The summed E-state index contributed by atoms with van der Waals surface area (Å²) in [6.45, 7) is 3.81. The van der Waals surface area contributed by atoms with Crippen LogP contribution in [0.4, 0.5) is 13.2 Å². The lowest BCUT2D eigenvalue weighted by Gasteiger charge is -2.10. The predicted octanol–water partition coefficient (Wildman–Crippen LogP) is 4.58. The summed E-state index contributed by atoms with van der Waals surface area (Å²) in [6.07, 6.45) is -4.46. The van der Waals surface area contributed by atoms with Gasteiger partial charge in [-0.25, -0.2) is 0 Å². The Morgan fingerprint density at radius 2 is 1.80 bits per heavy atom. The number of primary amides is 1. The Kier molecular flexibility index (Phi) is 3.86. The molecule has 3 nitrogen and oxygen atoms in total. The minimum Gasteiger partial charge on any atom is -0.364 e. The number of benzene rings is 2. The van der Waals surface area contributed by atoms with Gasteiger partial charge in [-0.1, -0.05) is 18.2 Å². The van der Waals surface area contributed by atoms with Crippen LogP contribution in [0.5, 0.6) is 0 Å². The summed E-state index contributed by atoms with van der Waals surface area (Å²) >= 11 is 0. The number of carbonyl (C=O) groups is 1. The summed E-state index contributed by atoms with van der Waals surface area (Å²) in [5, 5.41) is 0.746. The molecule has 0 atom stereocenters. The molecule has 1 heterocycles. The van der Waals surface area contributed by atoms with Crippen molar-refractivity contribution < 1.29 is 18.0 Å². The Hall–Kier alpha value is -2.76. The third kappa shape index (κ3) is 2.67. The molecule has 0 unspecified atom stereocenters. The van der Waals surface area contributed by atoms with Crippen molar-refractivity contribution in [3.05, 3.63) is 58.8 Å². The van der Waals surface area contributed by atoms with Crippen LogP contribution in [0.25, 0.3) is 22.0 Å². The summed E-state index contributed by atoms with van der Waals surface area (Å²) < 4.78 is 41.0. The van der Waals surface area contributed by atoms with Crippen molar-refractivity contribution in [3.63, 3.8) is 0 Å². The van der Waals surface area contributed by atoms with Gasteiger partial charge in [0, 0.05) is 23.5 Å². The zero-order chi connectivity index (χ0) is 18.5. The van der Waals surface area contributed by atoms with Gasteiger partial charge in [-0.3, -0.25) is 4.79 Å². The first kappa shape index (κ1) is 17.1. The highest BCUT2D eigenvalue weighted by Gasteiger charge is 2.31. The van der Waals surface area contributed by atoms with Gasteiger partial charge in [0.25, 0.3) is 5.91 Å². The predicted molar refractivity (Wildman–Crippen MR) is 91.3 cm³/mol. The minimum absolute atomic E-state index is 0.197. The number of halogens is 3. The van der Waals surface area contributed by atoms with Crippen LogP contribution in [-0.4, -0.2) is 10.5 Å². The van der Waals surface area contributed by atoms with Gasteiger partial charge in [-0.15, -0.1) is 0 Å². The second-order valence-corrected chi connectivity index (χ2v) is 6.13. The maximum absolute atomic E-state index is 13.1. The van der Waals surface area contributed by atoms with E-state index in [2.05, 4.69) is 0 Å². The van der Waals surface area contributed by atoms with Gasteiger partial charge in [-0.2, -0.15) is 13.2 Å². The first-order valence-corrected chi connectivity index (χ1v) is 7.69. The van der Waals surface area contributed by atoms with E-state index in [9.17, 15) is 18.0 Å². The maximum atomic E-state index is 13.1. The van der Waals surface area contributed by atoms with Crippen molar-refractivity contribution in [2.24, 2.45) is 12.8 Å². The number of nitrogens with two attached hydrogens (primary N) is 1. The fraction of sp³-hybridized carbons (Fsp3) is 0.211. The molecule has 130 valence electrons. The highest BCUT2D eigenvalue weighted by Crippen LogP contribution is 2.39. The van der Waals surface area contributed by atoms with E-state index in [0.717, 1.165) is 34.2 Å². The summed E-state index contributed by atoms with van der Waals surface area (Å²) in [4.78, 5) is 12.0. The molecule has 1 aromatic heterocycles. The quantitative estimate of drug-likeness (QED) is 0.725. The highest BCUT2D eigenvalue weighted by molar-refractivity contribution is 6.11. The number of alkyl halides is 3. The van der Waals surface area contributed by atoms with Gasteiger partial charge in [0.15, 0.2) is 0 Å². The molecule has 25 heavy (non-hydrogen) atoms. The van der Waals surface area contributed by atoms with Crippen LogP contribution in [0.1, 0.15) is 27.2 Å². The first-order chi connectivity index (χ1) is 11.6. The standard InChI is InChI=1S/C19H17F3N2O/c1-10-7-8-14-15(11(10)2)16(17(18(23)25)24(14)3)12-5-4-6-13(9-12)19(20,21)22/h4-9H,1-3H3,(H2,23,25). The topological polar surface area (TPSA) is 48.0 Å². The van der Waals surface area contributed by atoms with E-state index >= 15 is 0 Å². The number of hydrogen-bond donors (Lipinski definition) is 1. The van der Waals surface area contributed by atoms with Crippen molar-refractivity contribution in [1.29, 1.82) is 0 Å². The molecule has 0 radical (unpaired) electrons. The van der Waals surface area contributed by atoms with Crippen molar-refractivity contribution in [3.8, 4) is 11.1 Å². The average Bonchev–Trinajstić information content (AvgIpc) is 2.84. The molecule has 1 amide bonds. The zero-order valence-corrected chi connectivity index (χ0v) is 14.0. The van der Waals surface area contributed by atoms with Crippen LogP contribution in [0, 0.1) is 13.8 Å². The van der Waals surface area contributed by atoms with E-state index < -0.39 is 17.6 Å². The second kappa shape index (κ2) is 5.65.